The van der Waals surface area contributed by atoms with Crippen LogP contribution in [0.4, 0.5) is 0 Å². The second-order valence-corrected chi connectivity index (χ2v) is 5.61. The molecule has 0 radical (unpaired) electrons. The zero-order valence-electron chi connectivity index (χ0n) is 9.78. The van der Waals surface area contributed by atoms with Gasteiger partial charge in [0.2, 0.25) is 5.78 Å². The number of carbonyl (C=O) groups excluding carboxylic acids is 1. The van der Waals surface area contributed by atoms with Crippen LogP contribution in [0.1, 0.15) is 40.7 Å². The summed E-state index contributed by atoms with van der Waals surface area (Å²) in [5.74, 6) is -0.0399. The summed E-state index contributed by atoms with van der Waals surface area (Å²) in [6, 6.07) is 5.00. The first-order valence-corrected chi connectivity index (χ1v) is 6.86. The third-order valence-electron chi connectivity index (χ3n) is 2.46. The second kappa shape index (κ2) is 5.34. The van der Waals surface area contributed by atoms with Gasteiger partial charge in [0, 0.05) is 5.56 Å². The number of aromatic nitrogens is 2. The van der Waals surface area contributed by atoms with E-state index < -0.39 is 0 Å². The first kappa shape index (κ1) is 13.5. The molecule has 2 rings (SSSR count). The van der Waals surface area contributed by atoms with Crippen LogP contribution in [0.25, 0.3) is 0 Å². The average Bonchev–Trinajstić information content (AvgIpc) is 2.81. The number of hydrogen-bond acceptors (Lipinski definition) is 4. The Labute approximate surface area is 119 Å². The minimum atomic E-state index is -0.179. The SMILES string of the molecule is CC(C)c1nnsc1C(=O)c1cccc(Cl)c1Cl. The topological polar surface area (TPSA) is 42.9 Å². The Kier molecular flexibility index (Phi) is 4.00. The molecular formula is C12H10Cl2N2OS. The molecule has 1 heterocycles. The monoisotopic (exact) mass is 300 g/mol. The quantitative estimate of drug-likeness (QED) is 0.798. The lowest BCUT2D eigenvalue weighted by atomic mass is 10.0. The van der Waals surface area contributed by atoms with E-state index >= 15 is 0 Å². The molecule has 0 unspecified atom stereocenters. The Morgan fingerprint density at radius 2 is 2.06 bits per heavy atom. The Hall–Kier alpha value is -0.970. The molecule has 0 fully saturated rings. The average molecular weight is 301 g/mol. The third kappa shape index (κ3) is 2.41. The van der Waals surface area contributed by atoms with Gasteiger partial charge in [0.15, 0.2) is 0 Å². The molecule has 0 aliphatic rings. The van der Waals surface area contributed by atoms with Crippen molar-refractivity contribution in [1.82, 2.24) is 9.59 Å². The van der Waals surface area contributed by atoms with E-state index in [1.807, 2.05) is 13.8 Å². The highest BCUT2D eigenvalue weighted by Crippen LogP contribution is 2.30. The van der Waals surface area contributed by atoms with Crippen LogP contribution in [-0.2, 0) is 0 Å². The van der Waals surface area contributed by atoms with Crippen LogP contribution in [0.2, 0.25) is 10.0 Å². The van der Waals surface area contributed by atoms with Crippen molar-refractivity contribution in [2.45, 2.75) is 19.8 Å². The summed E-state index contributed by atoms with van der Waals surface area (Å²) in [6.07, 6.45) is 0. The zero-order chi connectivity index (χ0) is 13.3. The van der Waals surface area contributed by atoms with E-state index in [-0.39, 0.29) is 16.7 Å². The maximum absolute atomic E-state index is 12.4. The molecule has 3 nitrogen and oxygen atoms in total. The van der Waals surface area contributed by atoms with E-state index in [4.69, 9.17) is 23.2 Å². The molecule has 18 heavy (non-hydrogen) atoms. The van der Waals surface area contributed by atoms with Crippen molar-refractivity contribution in [2.24, 2.45) is 0 Å². The fraction of sp³-hybridized carbons (Fsp3) is 0.250. The zero-order valence-corrected chi connectivity index (χ0v) is 12.1. The molecule has 1 aromatic heterocycles. The lowest BCUT2D eigenvalue weighted by molar-refractivity contribution is 0.104. The maximum atomic E-state index is 12.4. The minimum Gasteiger partial charge on any atom is -0.288 e. The minimum absolute atomic E-state index is 0.139. The van der Waals surface area contributed by atoms with Gasteiger partial charge in [-0.15, -0.1) is 5.10 Å². The summed E-state index contributed by atoms with van der Waals surface area (Å²) in [7, 11) is 0. The van der Waals surface area contributed by atoms with Crippen LogP contribution in [0.5, 0.6) is 0 Å². The maximum Gasteiger partial charge on any atom is 0.208 e. The van der Waals surface area contributed by atoms with Gasteiger partial charge in [0.25, 0.3) is 0 Å². The van der Waals surface area contributed by atoms with Gasteiger partial charge < -0.3 is 0 Å². The van der Waals surface area contributed by atoms with Crippen LogP contribution in [-0.4, -0.2) is 15.4 Å². The normalized spacial score (nSPS) is 10.9. The Morgan fingerprint density at radius 1 is 1.33 bits per heavy atom. The van der Waals surface area contributed by atoms with Gasteiger partial charge >= 0.3 is 0 Å². The van der Waals surface area contributed by atoms with Crippen molar-refractivity contribution >= 4 is 40.5 Å². The summed E-state index contributed by atoms with van der Waals surface area (Å²) >= 11 is 13.0. The van der Waals surface area contributed by atoms with Gasteiger partial charge in [-0.3, -0.25) is 4.79 Å². The van der Waals surface area contributed by atoms with Crippen LogP contribution < -0.4 is 0 Å². The molecule has 0 amide bonds. The fourth-order valence-electron chi connectivity index (χ4n) is 1.53. The summed E-state index contributed by atoms with van der Waals surface area (Å²) in [5, 5.41) is 4.62. The van der Waals surface area contributed by atoms with Gasteiger partial charge in [-0.2, -0.15) is 0 Å². The first-order valence-electron chi connectivity index (χ1n) is 5.33. The molecule has 6 heteroatoms. The van der Waals surface area contributed by atoms with Crippen molar-refractivity contribution in [1.29, 1.82) is 0 Å². The van der Waals surface area contributed by atoms with Gasteiger partial charge in [-0.1, -0.05) is 47.6 Å². The molecular weight excluding hydrogens is 291 g/mol. The number of hydrogen-bond donors (Lipinski definition) is 0. The molecule has 0 saturated heterocycles. The molecule has 0 aliphatic heterocycles. The van der Waals surface area contributed by atoms with E-state index in [0.29, 0.717) is 21.2 Å². The summed E-state index contributed by atoms with van der Waals surface area (Å²) in [5.41, 5.74) is 1.08. The fourth-order valence-corrected chi connectivity index (χ4v) is 2.69. The lowest BCUT2D eigenvalue weighted by Gasteiger charge is -2.05. The van der Waals surface area contributed by atoms with Crippen molar-refractivity contribution in [3.05, 3.63) is 44.4 Å². The number of carbonyl (C=O) groups is 1. The van der Waals surface area contributed by atoms with E-state index in [1.165, 1.54) is 0 Å². The van der Waals surface area contributed by atoms with Crippen LogP contribution >= 0.6 is 34.7 Å². The van der Waals surface area contributed by atoms with E-state index in [2.05, 4.69) is 9.59 Å². The predicted molar refractivity (Wildman–Crippen MR) is 73.9 cm³/mol. The van der Waals surface area contributed by atoms with Crippen LogP contribution in [0.3, 0.4) is 0 Å². The molecule has 0 N–H and O–H groups in total. The van der Waals surface area contributed by atoms with Crippen molar-refractivity contribution < 1.29 is 4.79 Å². The Balaban J connectivity index is 2.49. The summed E-state index contributed by atoms with van der Waals surface area (Å²) in [6.45, 7) is 3.93. The molecule has 0 aliphatic carbocycles. The van der Waals surface area contributed by atoms with E-state index in [0.717, 1.165) is 11.5 Å². The van der Waals surface area contributed by atoms with Gasteiger partial charge in [0.1, 0.15) is 4.88 Å². The largest absolute Gasteiger partial charge is 0.288 e. The van der Waals surface area contributed by atoms with Crippen LogP contribution in [0.15, 0.2) is 18.2 Å². The summed E-state index contributed by atoms with van der Waals surface area (Å²) in [4.78, 5) is 12.9. The highest BCUT2D eigenvalue weighted by atomic mass is 35.5. The van der Waals surface area contributed by atoms with Crippen molar-refractivity contribution in [3.8, 4) is 0 Å². The molecule has 0 saturated carbocycles. The third-order valence-corrected chi connectivity index (χ3v) is 4.02. The molecule has 0 spiro atoms. The summed E-state index contributed by atoms with van der Waals surface area (Å²) < 4.78 is 3.84. The smallest absolute Gasteiger partial charge is 0.208 e. The highest BCUT2D eigenvalue weighted by Gasteiger charge is 2.22. The Bertz CT molecular complexity index is 596. The number of ketones is 1. The van der Waals surface area contributed by atoms with Gasteiger partial charge in [-0.25, -0.2) is 0 Å². The number of halogens is 2. The number of benzene rings is 1. The highest BCUT2D eigenvalue weighted by molar-refractivity contribution is 7.08. The molecule has 0 bridgehead atoms. The van der Waals surface area contributed by atoms with Gasteiger partial charge in [0.05, 0.1) is 15.7 Å². The molecule has 0 atom stereocenters. The molecule has 94 valence electrons. The van der Waals surface area contributed by atoms with E-state index in [1.54, 1.807) is 18.2 Å². The standard InChI is InChI=1S/C12H10Cl2N2OS/c1-6(2)10-12(18-16-15-10)11(17)7-4-3-5-8(13)9(7)14/h3-6H,1-2H3. The van der Waals surface area contributed by atoms with Gasteiger partial charge in [-0.05, 0) is 29.6 Å². The predicted octanol–water partition coefficient (Wildman–Crippen LogP) is 4.20. The second-order valence-electron chi connectivity index (χ2n) is 4.07. The first-order chi connectivity index (χ1) is 8.52. The molecule has 2 aromatic rings. The Morgan fingerprint density at radius 3 is 2.72 bits per heavy atom. The molecule has 1 aromatic carbocycles. The number of nitrogens with zero attached hydrogens (tertiary/aromatic N) is 2. The lowest BCUT2D eigenvalue weighted by Crippen LogP contribution is -2.05. The van der Waals surface area contributed by atoms with Crippen LogP contribution in [0, 0.1) is 0 Å². The van der Waals surface area contributed by atoms with Crippen molar-refractivity contribution in [2.75, 3.05) is 0 Å². The van der Waals surface area contributed by atoms with Crippen molar-refractivity contribution in [3.63, 3.8) is 0 Å². The number of rotatable bonds is 3. The van der Waals surface area contributed by atoms with E-state index in [9.17, 15) is 4.79 Å².